The fraction of sp³-hybridized carbons (Fsp3) is 0.471. The van der Waals surface area contributed by atoms with E-state index >= 15 is 0 Å². The molecule has 1 fully saturated rings. The first-order chi connectivity index (χ1) is 11.0. The highest BCUT2D eigenvalue weighted by atomic mass is 32.1. The second-order valence-electron chi connectivity index (χ2n) is 6.09. The zero-order chi connectivity index (χ0) is 16.4. The van der Waals surface area contributed by atoms with E-state index in [1.807, 2.05) is 0 Å². The van der Waals surface area contributed by atoms with Gasteiger partial charge in [-0.05, 0) is 43.9 Å². The van der Waals surface area contributed by atoms with Gasteiger partial charge in [0.1, 0.15) is 0 Å². The molecule has 122 valence electrons. The second kappa shape index (κ2) is 6.66. The van der Waals surface area contributed by atoms with E-state index in [-0.39, 0.29) is 5.91 Å². The molecule has 0 spiro atoms. The van der Waals surface area contributed by atoms with Crippen molar-refractivity contribution in [1.29, 1.82) is 0 Å². The van der Waals surface area contributed by atoms with Crippen LogP contribution >= 0.6 is 11.3 Å². The number of aromatic nitrogens is 1. The van der Waals surface area contributed by atoms with E-state index in [2.05, 4.69) is 11.9 Å². The maximum atomic E-state index is 12.4. The minimum atomic E-state index is -0.756. The number of nitrogens with zero attached hydrogens (tertiary/aromatic N) is 2. The van der Waals surface area contributed by atoms with Crippen LogP contribution in [0.25, 0.3) is 10.2 Å². The third-order valence-electron chi connectivity index (χ3n) is 4.29. The fourth-order valence-corrected chi connectivity index (χ4v) is 3.46. The zero-order valence-electron chi connectivity index (χ0n) is 13.3. The minimum Gasteiger partial charge on any atom is -0.449 e. The van der Waals surface area contributed by atoms with Crippen molar-refractivity contribution in [3.8, 4) is 0 Å². The molecule has 0 saturated carbocycles. The van der Waals surface area contributed by atoms with Crippen LogP contribution in [-0.4, -0.2) is 41.0 Å². The molecule has 1 amide bonds. The van der Waals surface area contributed by atoms with Gasteiger partial charge in [0.15, 0.2) is 6.10 Å². The number of likely N-dealkylation sites (tertiary alicyclic amines) is 1. The number of carbonyl (C=O) groups excluding carboxylic acids is 2. The molecule has 2 aromatic rings. The Morgan fingerprint density at radius 3 is 2.83 bits per heavy atom. The quantitative estimate of drug-likeness (QED) is 0.810. The van der Waals surface area contributed by atoms with Crippen molar-refractivity contribution in [3.63, 3.8) is 0 Å². The number of hydrogen-bond acceptors (Lipinski definition) is 5. The van der Waals surface area contributed by atoms with Crippen molar-refractivity contribution in [2.75, 3.05) is 13.1 Å². The third-order valence-corrected chi connectivity index (χ3v) is 5.09. The van der Waals surface area contributed by atoms with Gasteiger partial charge in [0.2, 0.25) is 0 Å². The van der Waals surface area contributed by atoms with Gasteiger partial charge in [-0.1, -0.05) is 6.92 Å². The van der Waals surface area contributed by atoms with E-state index in [4.69, 9.17) is 4.74 Å². The zero-order valence-corrected chi connectivity index (χ0v) is 14.1. The molecule has 0 unspecified atom stereocenters. The van der Waals surface area contributed by atoms with Crippen molar-refractivity contribution in [3.05, 3.63) is 29.3 Å². The number of benzene rings is 1. The SMILES string of the molecule is CC1CCN(C(=O)[C@H](C)OC(=O)c2ccc3ncsc3c2)CC1. The maximum Gasteiger partial charge on any atom is 0.338 e. The number of esters is 1. The van der Waals surface area contributed by atoms with Crippen molar-refractivity contribution in [2.24, 2.45) is 5.92 Å². The van der Waals surface area contributed by atoms with Gasteiger partial charge in [0.25, 0.3) is 5.91 Å². The van der Waals surface area contributed by atoms with Gasteiger partial charge in [0, 0.05) is 13.1 Å². The Morgan fingerprint density at radius 2 is 2.09 bits per heavy atom. The number of carbonyl (C=O) groups is 2. The molecule has 0 bridgehead atoms. The molecule has 1 aromatic carbocycles. The molecule has 1 aromatic heterocycles. The van der Waals surface area contributed by atoms with Gasteiger partial charge < -0.3 is 9.64 Å². The lowest BCUT2D eigenvalue weighted by molar-refractivity contribution is -0.141. The van der Waals surface area contributed by atoms with Crippen LogP contribution < -0.4 is 0 Å². The summed E-state index contributed by atoms with van der Waals surface area (Å²) in [5.41, 5.74) is 3.05. The van der Waals surface area contributed by atoms with Crippen LogP contribution in [0.2, 0.25) is 0 Å². The van der Waals surface area contributed by atoms with Crippen LogP contribution in [0.3, 0.4) is 0 Å². The summed E-state index contributed by atoms with van der Waals surface area (Å²) in [4.78, 5) is 30.6. The van der Waals surface area contributed by atoms with Gasteiger partial charge in [-0.3, -0.25) is 4.79 Å². The monoisotopic (exact) mass is 332 g/mol. The summed E-state index contributed by atoms with van der Waals surface area (Å²) < 4.78 is 6.29. The average Bonchev–Trinajstić information content (AvgIpc) is 3.02. The lowest BCUT2D eigenvalue weighted by Gasteiger charge is -2.31. The van der Waals surface area contributed by atoms with Gasteiger partial charge in [-0.2, -0.15) is 0 Å². The summed E-state index contributed by atoms with van der Waals surface area (Å²) in [7, 11) is 0. The largest absolute Gasteiger partial charge is 0.449 e. The summed E-state index contributed by atoms with van der Waals surface area (Å²) in [6, 6.07) is 5.24. The Labute approximate surface area is 139 Å². The average molecular weight is 332 g/mol. The van der Waals surface area contributed by atoms with Gasteiger partial charge in [-0.15, -0.1) is 11.3 Å². The summed E-state index contributed by atoms with van der Waals surface area (Å²) in [5.74, 6) is 0.0821. The molecule has 0 N–H and O–H groups in total. The summed E-state index contributed by atoms with van der Waals surface area (Å²) >= 11 is 1.47. The van der Waals surface area contributed by atoms with Gasteiger partial charge in [0.05, 0.1) is 21.3 Å². The first-order valence-electron chi connectivity index (χ1n) is 7.87. The lowest BCUT2D eigenvalue weighted by atomic mass is 9.99. The highest BCUT2D eigenvalue weighted by molar-refractivity contribution is 7.16. The van der Waals surface area contributed by atoms with Crippen molar-refractivity contribution in [1.82, 2.24) is 9.88 Å². The van der Waals surface area contributed by atoms with E-state index in [1.165, 1.54) is 11.3 Å². The summed E-state index contributed by atoms with van der Waals surface area (Å²) in [5, 5.41) is 0. The standard InChI is InChI=1S/C17H20N2O3S/c1-11-5-7-19(8-6-11)16(20)12(2)22-17(21)13-3-4-14-15(9-13)23-10-18-14/h3-4,9-12H,5-8H2,1-2H3/t12-/m0/s1. The number of ether oxygens (including phenoxy) is 1. The number of rotatable bonds is 3. The number of piperidine rings is 1. The Kier molecular flexibility index (Phi) is 4.61. The highest BCUT2D eigenvalue weighted by Crippen LogP contribution is 2.21. The predicted octanol–water partition coefficient (Wildman–Crippen LogP) is 3.10. The second-order valence-corrected chi connectivity index (χ2v) is 6.98. The Hall–Kier alpha value is -1.95. The third kappa shape index (κ3) is 3.52. The van der Waals surface area contributed by atoms with E-state index in [0.717, 1.165) is 36.1 Å². The summed E-state index contributed by atoms with van der Waals surface area (Å²) in [6.45, 7) is 5.33. The van der Waals surface area contributed by atoms with E-state index < -0.39 is 12.1 Å². The normalized spacial score (nSPS) is 17.2. The Balaban J connectivity index is 1.63. The molecule has 5 nitrogen and oxygen atoms in total. The molecule has 1 saturated heterocycles. The molecule has 0 radical (unpaired) electrons. The fourth-order valence-electron chi connectivity index (χ4n) is 2.75. The molecule has 0 aliphatic carbocycles. The Bertz CT molecular complexity index is 719. The molecular formula is C17H20N2O3S. The predicted molar refractivity (Wildman–Crippen MR) is 89.5 cm³/mol. The van der Waals surface area contributed by atoms with Crippen LogP contribution in [0, 0.1) is 5.92 Å². The molecular weight excluding hydrogens is 312 g/mol. The number of amides is 1. The first-order valence-corrected chi connectivity index (χ1v) is 8.75. The van der Waals surface area contributed by atoms with Crippen LogP contribution in [0.15, 0.2) is 23.7 Å². The Morgan fingerprint density at radius 1 is 1.35 bits per heavy atom. The molecule has 1 aliphatic rings. The van der Waals surface area contributed by atoms with Gasteiger partial charge >= 0.3 is 5.97 Å². The van der Waals surface area contributed by atoms with E-state index in [0.29, 0.717) is 11.5 Å². The van der Waals surface area contributed by atoms with Crippen LogP contribution in [-0.2, 0) is 9.53 Å². The number of hydrogen-bond donors (Lipinski definition) is 0. The van der Waals surface area contributed by atoms with Crippen LogP contribution in [0.1, 0.15) is 37.0 Å². The molecule has 3 rings (SSSR count). The molecule has 1 aliphatic heterocycles. The lowest BCUT2D eigenvalue weighted by Crippen LogP contribution is -2.44. The first kappa shape index (κ1) is 15.9. The highest BCUT2D eigenvalue weighted by Gasteiger charge is 2.27. The van der Waals surface area contributed by atoms with Crippen LogP contribution in [0.4, 0.5) is 0 Å². The molecule has 6 heteroatoms. The van der Waals surface area contributed by atoms with Crippen molar-refractivity contribution < 1.29 is 14.3 Å². The smallest absolute Gasteiger partial charge is 0.338 e. The summed E-state index contributed by atoms with van der Waals surface area (Å²) in [6.07, 6.45) is 1.26. The van der Waals surface area contributed by atoms with Crippen molar-refractivity contribution >= 4 is 33.4 Å². The maximum absolute atomic E-state index is 12.4. The van der Waals surface area contributed by atoms with E-state index in [9.17, 15) is 9.59 Å². The van der Waals surface area contributed by atoms with E-state index in [1.54, 1.807) is 35.5 Å². The molecule has 23 heavy (non-hydrogen) atoms. The van der Waals surface area contributed by atoms with Crippen molar-refractivity contribution in [2.45, 2.75) is 32.8 Å². The molecule has 2 heterocycles. The molecule has 1 atom stereocenters. The van der Waals surface area contributed by atoms with Crippen LogP contribution in [0.5, 0.6) is 0 Å². The minimum absolute atomic E-state index is 0.107. The number of thiazole rings is 1. The topological polar surface area (TPSA) is 59.5 Å². The number of fused-ring (bicyclic) bond motifs is 1. The van der Waals surface area contributed by atoms with Gasteiger partial charge in [-0.25, -0.2) is 9.78 Å².